The van der Waals surface area contributed by atoms with Crippen LogP contribution in [0.15, 0.2) is 47.2 Å². The highest BCUT2D eigenvalue weighted by Crippen LogP contribution is 2.22. The van der Waals surface area contributed by atoms with E-state index in [1.54, 1.807) is 12.4 Å². The molecule has 0 aliphatic carbocycles. The summed E-state index contributed by atoms with van der Waals surface area (Å²) < 4.78 is 1.09. The van der Waals surface area contributed by atoms with E-state index in [0.717, 1.165) is 22.9 Å². The van der Waals surface area contributed by atoms with E-state index in [-0.39, 0.29) is 0 Å². The Morgan fingerprint density at radius 3 is 2.47 bits per heavy atom. The second kappa shape index (κ2) is 7.28. The van der Waals surface area contributed by atoms with Crippen LogP contribution in [0.3, 0.4) is 0 Å². The van der Waals surface area contributed by atoms with Crippen LogP contribution < -0.4 is 0 Å². The highest BCUT2D eigenvalue weighted by Gasteiger charge is 2.12. The summed E-state index contributed by atoms with van der Waals surface area (Å²) in [5.74, 6) is 0.997. The van der Waals surface area contributed by atoms with E-state index in [4.69, 9.17) is 23.2 Å². The number of hydrogen-bond donors (Lipinski definition) is 0. The van der Waals surface area contributed by atoms with Crippen molar-refractivity contribution in [1.29, 1.82) is 0 Å². The maximum Gasteiger partial charge on any atom is 0.0621 e. The molecule has 1 heterocycles. The lowest BCUT2D eigenvalue weighted by atomic mass is 9.94. The molecule has 0 radical (unpaired) electrons. The van der Waals surface area contributed by atoms with E-state index < -0.39 is 0 Å². The molecule has 1 atom stereocenters. The molecule has 0 fully saturated rings. The van der Waals surface area contributed by atoms with Gasteiger partial charge in [-0.05, 0) is 48.1 Å². The first-order chi connectivity index (χ1) is 9.19. The molecule has 1 unspecified atom stereocenters. The zero-order chi connectivity index (χ0) is 13.7. The number of benzene rings is 1. The van der Waals surface area contributed by atoms with E-state index in [9.17, 15) is 0 Å². The lowest BCUT2D eigenvalue weighted by molar-refractivity contribution is 0.583. The van der Waals surface area contributed by atoms with Gasteiger partial charge in [0.25, 0.3) is 0 Å². The fraction of sp³-hybridized carbons (Fsp3) is 0.267. The van der Waals surface area contributed by atoms with Crippen molar-refractivity contribution in [2.75, 3.05) is 5.88 Å². The van der Waals surface area contributed by atoms with E-state index in [1.165, 1.54) is 5.56 Å². The smallest absolute Gasteiger partial charge is 0.0621 e. The number of halogens is 3. The topological polar surface area (TPSA) is 12.9 Å². The summed E-state index contributed by atoms with van der Waals surface area (Å²) in [7, 11) is 0. The van der Waals surface area contributed by atoms with E-state index in [2.05, 4.69) is 45.2 Å². The zero-order valence-electron chi connectivity index (χ0n) is 10.3. The fourth-order valence-electron chi connectivity index (χ4n) is 2.02. The standard InChI is InChI=1S/C15H14BrCl2N/c16-14-3-1-11(2-4-14)7-12(9-17)8-13-5-6-19-10-15(13)18/h1-6,10,12H,7-9H2. The quantitative estimate of drug-likeness (QED) is 0.674. The Bertz CT molecular complexity index is 528. The highest BCUT2D eigenvalue weighted by atomic mass is 79.9. The van der Waals surface area contributed by atoms with Gasteiger partial charge in [-0.25, -0.2) is 0 Å². The average molecular weight is 359 g/mol. The number of nitrogens with zero attached hydrogens (tertiary/aromatic N) is 1. The Hall–Kier alpha value is -0.570. The molecule has 1 aromatic carbocycles. The summed E-state index contributed by atoms with van der Waals surface area (Å²) >= 11 is 15.7. The van der Waals surface area contributed by atoms with Crippen LogP contribution in [0.2, 0.25) is 5.02 Å². The van der Waals surface area contributed by atoms with Gasteiger partial charge in [0.1, 0.15) is 0 Å². The van der Waals surface area contributed by atoms with E-state index in [0.29, 0.717) is 16.8 Å². The van der Waals surface area contributed by atoms with Gasteiger partial charge in [-0.2, -0.15) is 0 Å². The van der Waals surface area contributed by atoms with Crippen molar-refractivity contribution >= 4 is 39.1 Å². The molecule has 1 nitrogen and oxygen atoms in total. The summed E-state index contributed by atoms with van der Waals surface area (Å²) in [6, 6.07) is 10.3. The van der Waals surface area contributed by atoms with Gasteiger partial charge in [0, 0.05) is 22.7 Å². The van der Waals surface area contributed by atoms with Crippen molar-refractivity contribution < 1.29 is 0 Å². The molecule has 0 aliphatic rings. The Morgan fingerprint density at radius 2 is 1.84 bits per heavy atom. The maximum absolute atomic E-state index is 6.14. The summed E-state index contributed by atoms with van der Waals surface area (Å²) in [5.41, 5.74) is 2.40. The van der Waals surface area contributed by atoms with Gasteiger partial charge in [0.15, 0.2) is 0 Å². The van der Waals surface area contributed by atoms with Crippen LogP contribution in [0, 0.1) is 5.92 Å². The molecule has 100 valence electrons. The van der Waals surface area contributed by atoms with Crippen LogP contribution in [-0.4, -0.2) is 10.9 Å². The highest BCUT2D eigenvalue weighted by molar-refractivity contribution is 9.10. The summed E-state index contributed by atoms with van der Waals surface area (Å²) in [5, 5.41) is 0.716. The summed E-state index contributed by atoms with van der Waals surface area (Å²) in [4.78, 5) is 4.00. The molecule has 0 spiro atoms. The van der Waals surface area contributed by atoms with Gasteiger partial charge >= 0.3 is 0 Å². The minimum Gasteiger partial charge on any atom is -0.263 e. The van der Waals surface area contributed by atoms with Crippen LogP contribution in [-0.2, 0) is 12.8 Å². The van der Waals surface area contributed by atoms with Crippen molar-refractivity contribution in [2.24, 2.45) is 5.92 Å². The van der Waals surface area contributed by atoms with Gasteiger partial charge in [-0.1, -0.05) is 39.7 Å². The molecule has 2 rings (SSSR count). The Kier molecular flexibility index (Phi) is 5.68. The molecule has 1 aromatic heterocycles. The molecule has 0 amide bonds. The van der Waals surface area contributed by atoms with Gasteiger partial charge in [-0.15, -0.1) is 11.6 Å². The van der Waals surface area contributed by atoms with Crippen LogP contribution in [0.5, 0.6) is 0 Å². The monoisotopic (exact) mass is 357 g/mol. The van der Waals surface area contributed by atoms with Crippen molar-refractivity contribution in [3.63, 3.8) is 0 Å². The van der Waals surface area contributed by atoms with Crippen LogP contribution in [0.4, 0.5) is 0 Å². The molecule has 0 saturated heterocycles. The predicted octanol–water partition coefficient (Wildman–Crippen LogP) is 5.14. The lowest BCUT2D eigenvalue weighted by Gasteiger charge is -2.15. The molecule has 0 aliphatic heterocycles. The number of hydrogen-bond acceptors (Lipinski definition) is 1. The number of alkyl halides is 1. The van der Waals surface area contributed by atoms with Crippen LogP contribution >= 0.6 is 39.1 Å². The molecule has 19 heavy (non-hydrogen) atoms. The van der Waals surface area contributed by atoms with Gasteiger partial charge < -0.3 is 0 Å². The van der Waals surface area contributed by atoms with Crippen LogP contribution in [0.25, 0.3) is 0 Å². The van der Waals surface area contributed by atoms with Gasteiger partial charge in [-0.3, -0.25) is 4.98 Å². The Morgan fingerprint density at radius 1 is 1.11 bits per heavy atom. The number of pyridine rings is 1. The zero-order valence-corrected chi connectivity index (χ0v) is 13.4. The Balaban J connectivity index is 2.05. The third kappa shape index (κ3) is 4.48. The van der Waals surface area contributed by atoms with E-state index in [1.807, 2.05) is 6.07 Å². The molecular weight excluding hydrogens is 345 g/mol. The van der Waals surface area contributed by atoms with Gasteiger partial charge in [0.2, 0.25) is 0 Å². The number of aromatic nitrogens is 1. The number of rotatable bonds is 5. The first-order valence-corrected chi connectivity index (χ1v) is 7.78. The molecular formula is C15H14BrCl2N. The minimum atomic E-state index is 0.378. The molecule has 0 N–H and O–H groups in total. The Labute approximate surface area is 132 Å². The third-order valence-corrected chi connectivity index (χ3v) is 4.33. The molecule has 0 saturated carbocycles. The van der Waals surface area contributed by atoms with Crippen molar-refractivity contribution in [3.8, 4) is 0 Å². The minimum absolute atomic E-state index is 0.378. The first-order valence-electron chi connectivity index (χ1n) is 6.08. The lowest BCUT2D eigenvalue weighted by Crippen LogP contribution is -2.10. The third-order valence-electron chi connectivity index (χ3n) is 3.02. The largest absolute Gasteiger partial charge is 0.263 e. The average Bonchev–Trinajstić information content (AvgIpc) is 2.43. The second-order valence-corrected chi connectivity index (χ2v) is 6.15. The fourth-order valence-corrected chi connectivity index (χ4v) is 2.69. The predicted molar refractivity (Wildman–Crippen MR) is 85.0 cm³/mol. The maximum atomic E-state index is 6.14. The first kappa shape index (κ1) is 14.8. The van der Waals surface area contributed by atoms with Crippen molar-refractivity contribution in [2.45, 2.75) is 12.8 Å². The summed E-state index contributed by atoms with van der Waals surface area (Å²) in [6.45, 7) is 0. The molecule has 0 bridgehead atoms. The van der Waals surface area contributed by atoms with Crippen LogP contribution in [0.1, 0.15) is 11.1 Å². The normalized spacial score (nSPS) is 12.4. The molecule has 4 heteroatoms. The van der Waals surface area contributed by atoms with Gasteiger partial charge in [0.05, 0.1) is 5.02 Å². The van der Waals surface area contributed by atoms with Crippen molar-refractivity contribution in [1.82, 2.24) is 4.98 Å². The van der Waals surface area contributed by atoms with E-state index >= 15 is 0 Å². The second-order valence-electron chi connectivity index (χ2n) is 4.52. The SMILES string of the molecule is ClCC(Cc1ccc(Br)cc1)Cc1ccncc1Cl. The molecule has 2 aromatic rings. The summed E-state index contributed by atoms with van der Waals surface area (Å²) in [6.07, 6.45) is 5.28. The van der Waals surface area contributed by atoms with Crippen molar-refractivity contribution in [3.05, 3.63) is 63.3 Å².